The monoisotopic (exact) mass is 223 g/mol. The van der Waals surface area contributed by atoms with Crippen molar-refractivity contribution in [3.8, 4) is 5.75 Å². The Morgan fingerprint density at radius 3 is 2.33 bits per heavy atom. The lowest BCUT2D eigenvalue weighted by Gasteiger charge is -2.16. The van der Waals surface area contributed by atoms with Crippen LogP contribution in [0, 0.1) is 5.82 Å². The minimum absolute atomic E-state index is 0.144. The van der Waals surface area contributed by atoms with Crippen molar-refractivity contribution in [2.24, 2.45) is 5.73 Å². The molecule has 0 aliphatic rings. The first-order valence-corrected chi connectivity index (χ1v) is 4.02. The fourth-order valence-electron chi connectivity index (χ4n) is 1.06. The second kappa shape index (κ2) is 4.06. The van der Waals surface area contributed by atoms with Crippen LogP contribution in [0.4, 0.5) is 17.6 Å². The van der Waals surface area contributed by atoms with Crippen LogP contribution in [0.3, 0.4) is 0 Å². The van der Waals surface area contributed by atoms with Gasteiger partial charge in [0.1, 0.15) is 17.6 Å². The van der Waals surface area contributed by atoms with Crippen LogP contribution in [0.25, 0.3) is 0 Å². The Balaban J connectivity index is 3.06. The van der Waals surface area contributed by atoms with Crippen molar-refractivity contribution in [3.05, 3.63) is 29.6 Å². The summed E-state index contributed by atoms with van der Waals surface area (Å²) in [5.41, 5.74) is 4.26. The summed E-state index contributed by atoms with van der Waals surface area (Å²) in [7, 11) is 1.29. The van der Waals surface area contributed by atoms with Gasteiger partial charge in [-0.25, -0.2) is 4.39 Å². The van der Waals surface area contributed by atoms with Crippen molar-refractivity contribution in [1.29, 1.82) is 0 Å². The van der Waals surface area contributed by atoms with Crippen molar-refractivity contribution in [1.82, 2.24) is 0 Å². The topological polar surface area (TPSA) is 35.2 Å². The van der Waals surface area contributed by atoms with Crippen LogP contribution >= 0.6 is 0 Å². The lowest BCUT2D eigenvalue weighted by Crippen LogP contribution is -2.29. The number of nitrogens with two attached hydrogens (primary N) is 1. The van der Waals surface area contributed by atoms with Gasteiger partial charge in [0, 0.05) is 11.6 Å². The number of benzene rings is 1. The van der Waals surface area contributed by atoms with E-state index in [1.54, 1.807) is 0 Å². The van der Waals surface area contributed by atoms with Crippen LogP contribution < -0.4 is 10.5 Å². The van der Waals surface area contributed by atoms with Gasteiger partial charge in [-0.2, -0.15) is 13.2 Å². The molecule has 0 bridgehead atoms. The summed E-state index contributed by atoms with van der Waals surface area (Å²) in [6.45, 7) is 0. The molecule has 0 saturated carbocycles. The quantitative estimate of drug-likeness (QED) is 0.781. The van der Waals surface area contributed by atoms with E-state index < -0.39 is 23.6 Å². The van der Waals surface area contributed by atoms with Gasteiger partial charge in [0.15, 0.2) is 0 Å². The second-order valence-electron chi connectivity index (χ2n) is 2.91. The molecule has 1 atom stereocenters. The summed E-state index contributed by atoms with van der Waals surface area (Å²) in [5.74, 6) is -0.884. The molecule has 0 aliphatic carbocycles. The molecule has 0 heterocycles. The van der Waals surface area contributed by atoms with E-state index in [0.29, 0.717) is 0 Å². The summed E-state index contributed by atoms with van der Waals surface area (Å²) < 4.78 is 54.3. The van der Waals surface area contributed by atoms with Crippen molar-refractivity contribution in [2.75, 3.05) is 7.11 Å². The van der Waals surface area contributed by atoms with Gasteiger partial charge in [-0.1, -0.05) is 6.07 Å². The Bertz CT molecular complexity index is 350. The molecule has 1 aromatic carbocycles. The zero-order chi connectivity index (χ0) is 11.6. The fraction of sp³-hybridized carbons (Fsp3) is 0.333. The molecule has 0 radical (unpaired) electrons. The van der Waals surface area contributed by atoms with Gasteiger partial charge in [0.25, 0.3) is 0 Å². The maximum absolute atomic E-state index is 13.2. The predicted octanol–water partition coefficient (Wildman–Crippen LogP) is 2.40. The summed E-state index contributed by atoms with van der Waals surface area (Å²) >= 11 is 0. The molecule has 0 saturated heterocycles. The summed E-state index contributed by atoms with van der Waals surface area (Å²) in [6.07, 6.45) is -4.66. The molecular weight excluding hydrogens is 214 g/mol. The summed E-state index contributed by atoms with van der Waals surface area (Å²) in [5, 5.41) is 0. The van der Waals surface area contributed by atoms with Crippen molar-refractivity contribution in [2.45, 2.75) is 12.2 Å². The Kier molecular flexibility index (Phi) is 3.18. The first-order valence-electron chi connectivity index (χ1n) is 4.02. The average Bonchev–Trinajstić information content (AvgIpc) is 2.15. The molecule has 0 amide bonds. The lowest BCUT2D eigenvalue weighted by atomic mass is 10.1. The minimum Gasteiger partial charge on any atom is -0.497 e. The number of ether oxygens (including phenoxy) is 1. The van der Waals surface area contributed by atoms with Crippen molar-refractivity contribution in [3.63, 3.8) is 0 Å². The Morgan fingerprint density at radius 2 is 1.93 bits per heavy atom. The Morgan fingerprint density at radius 1 is 1.33 bits per heavy atom. The summed E-state index contributed by atoms with van der Waals surface area (Å²) in [4.78, 5) is 0. The predicted molar refractivity (Wildman–Crippen MR) is 45.9 cm³/mol. The van der Waals surface area contributed by atoms with Crippen molar-refractivity contribution >= 4 is 0 Å². The maximum Gasteiger partial charge on any atom is 0.407 e. The molecular formula is C9H9F4NO. The van der Waals surface area contributed by atoms with Crippen LogP contribution in [0.1, 0.15) is 11.6 Å². The zero-order valence-corrected chi connectivity index (χ0v) is 7.81. The third-order valence-corrected chi connectivity index (χ3v) is 1.90. The smallest absolute Gasteiger partial charge is 0.407 e. The molecule has 0 unspecified atom stereocenters. The van der Waals surface area contributed by atoms with Gasteiger partial charge < -0.3 is 10.5 Å². The van der Waals surface area contributed by atoms with Gasteiger partial charge in [0.05, 0.1) is 7.11 Å². The fourth-order valence-corrected chi connectivity index (χ4v) is 1.06. The number of hydrogen-bond acceptors (Lipinski definition) is 2. The van der Waals surface area contributed by atoms with Crippen LogP contribution in [0.5, 0.6) is 5.75 Å². The maximum atomic E-state index is 13.2. The Hall–Kier alpha value is -1.30. The molecule has 0 aliphatic heterocycles. The molecule has 84 valence electrons. The molecule has 2 nitrogen and oxygen atoms in total. The number of alkyl halides is 3. The first-order chi connectivity index (χ1) is 6.86. The lowest BCUT2D eigenvalue weighted by molar-refractivity contribution is -0.149. The van der Waals surface area contributed by atoms with E-state index in [2.05, 4.69) is 4.74 Å². The molecule has 0 spiro atoms. The molecule has 0 aromatic heterocycles. The number of halogens is 4. The molecule has 15 heavy (non-hydrogen) atoms. The van der Waals surface area contributed by atoms with E-state index in [0.717, 1.165) is 12.1 Å². The van der Waals surface area contributed by atoms with Gasteiger partial charge in [-0.15, -0.1) is 0 Å². The third-order valence-electron chi connectivity index (χ3n) is 1.90. The van der Waals surface area contributed by atoms with Gasteiger partial charge in [0.2, 0.25) is 0 Å². The van der Waals surface area contributed by atoms with Gasteiger partial charge >= 0.3 is 6.18 Å². The molecule has 6 heteroatoms. The standard InChI is InChI=1S/C9H9F4NO/c1-15-5-2-3-6(7(10)4-5)8(14)9(11,12)13/h2-4,8H,14H2,1H3/t8-/m0/s1. The van der Waals surface area contributed by atoms with Crippen molar-refractivity contribution < 1.29 is 22.3 Å². The molecule has 1 aromatic rings. The Labute approximate surface area is 83.6 Å². The third kappa shape index (κ3) is 2.59. The SMILES string of the molecule is COc1ccc([C@H](N)C(F)(F)F)c(F)c1. The highest BCUT2D eigenvalue weighted by Crippen LogP contribution is 2.32. The highest BCUT2D eigenvalue weighted by Gasteiger charge is 2.39. The van der Waals surface area contributed by atoms with Crippen LogP contribution in [-0.4, -0.2) is 13.3 Å². The molecule has 1 rings (SSSR count). The average molecular weight is 223 g/mol. The van der Waals surface area contributed by atoms with Crippen LogP contribution in [-0.2, 0) is 0 Å². The second-order valence-corrected chi connectivity index (χ2v) is 2.91. The normalized spacial score (nSPS) is 13.7. The number of hydrogen-bond donors (Lipinski definition) is 1. The van der Waals surface area contributed by atoms with Crippen LogP contribution in [0.15, 0.2) is 18.2 Å². The number of methoxy groups -OCH3 is 1. The first kappa shape index (κ1) is 11.8. The molecule has 0 fully saturated rings. The summed E-state index contributed by atoms with van der Waals surface area (Å²) in [6, 6.07) is 0.737. The molecule has 2 N–H and O–H groups in total. The largest absolute Gasteiger partial charge is 0.497 e. The van der Waals surface area contributed by atoms with E-state index in [-0.39, 0.29) is 5.75 Å². The van der Waals surface area contributed by atoms with E-state index in [4.69, 9.17) is 5.73 Å². The highest BCUT2D eigenvalue weighted by molar-refractivity contribution is 5.31. The number of rotatable bonds is 2. The van der Waals surface area contributed by atoms with E-state index in [1.165, 1.54) is 13.2 Å². The zero-order valence-electron chi connectivity index (χ0n) is 7.81. The minimum atomic E-state index is -4.66. The van der Waals surface area contributed by atoms with Gasteiger partial charge in [-0.3, -0.25) is 0 Å². The van der Waals surface area contributed by atoms with E-state index >= 15 is 0 Å². The van der Waals surface area contributed by atoms with E-state index in [1.807, 2.05) is 0 Å². The highest BCUT2D eigenvalue weighted by atomic mass is 19.4. The van der Waals surface area contributed by atoms with Gasteiger partial charge in [-0.05, 0) is 6.07 Å². The van der Waals surface area contributed by atoms with E-state index in [9.17, 15) is 17.6 Å². The van der Waals surface area contributed by atoms with Crippen LogP contribution in [0.2, 0.25) is 0 Å².